The fourth-order valence-corrected chi connectivity index (χ4v) is 1.42. The van der Waals surface area contributed by atoms with Gasteiger partial charge in [-0.1, -0.05) is 0 Å². The number of nitrogens with zero attached hydrogens (tertiary/aromatic N) is 2. The molecule has 1 amide bonds. The zero-order valence-electron chi connectivity index (χ0n) is 10.2. The van der Waals surface area contributed by atoms with Gasteiger partial charge in [0.15, 0.2) is 0 Å². The van der Waals surface area contributed by atoms with Crippen LogP contribution in [0.1, 0.15) is 32.9 Å². The molecule has 1 aromatic rings. The Morgan fingerprint density at radius 3 is 2.81 bits per heavy atom. The Kier molecular flexibility index (Phi) is 4.06. The number of imidazole rings is 1. The number of aromatic nitrogens is 2. The van der Waals surface area contributed by atoms with Gasteiger partial charge in [-0.25, -0.2) is 4.98 Å². The minimum Gasteiger partial charge on any atom is -0.351 e. The number of rotatable bonds is 4. The molecule has 0 bridgehead atoms. The summed E-state index contributed by atoms with van der Waals surface area (Å²) in [6.07, 6.45) is 3.87. The van der Waals surface area contributed by atoms with Gasteiger partial charge in [0, 0.05) is 31.2 Å². The van der Waals surface area contributed by atoms with Crippen molar-refractivity contribution in [3.8, 4) is 0 Å². The van der Waals surface area contributed by atoms with E-state index in [1.165, 1.54) is 0 Å². The van der Waals surface area contributed by atoms with E-state index in [0.717, 1.165) is 5.69 Å². The van der Waals surface area contributed by atoms with E-state index in [1.807, 2.05) is 25.3 Å². The largest absolute Gasteiger partial charge is 0.351 e. The first-order valence-corrected chi connectivity index (χ1v) is 5.42. The molecular formula is C11H20N4O. The molecular weight excluding hydrogens is 204 g/mol. The maximum atomic E-state index is 11.6. The Morgan fingerprint density at radius 2 is 2.25 bits per heavy atom. The van der Waals surface area contributed by atoms with Gasteiger partial charge >= 0.3 is 0 Å². The Hall–Kier alpha value is -1.36. The first kappa shape index (κ1) is 12.7. The van der Waals surface area contributed by atoms with Gasteiger partial charge in [0.05, 0.1) is 12.0 Å². The van der Waals surface area contributed by atoms with Crippen LogP contribution >= 0.6 is 0 Å². The van der Waals surface area contributed by atoms with Crippen LogP contribution in [-0.4, -0.2) is 21.0 Å². The van der Waals surface area contributed by atoms with Crippen molar-refractivity contribution in [2.75, 3.05) is 0 Å². The average molecular weight is 224 g/mol. The van der Waals surface area contributed by atoms with Crippen LogP contribution in [0.15, 0.2) is 12.5 Å². The summed E-state index contributed by atoms with van der Waals surface area (Å²) in [6.45, 7) is 6.96. The number of carbonyl (C=O) groups excluding carboxylic acids is 1. The minimum atomic E-state index is -0.178. The fraction of sp³-hybridized carbons (Fsp3) is 0.636. The minimum absolute atomic E-state index is 0.0455. The van der Waals surface area contributed by atoms with Crippen LogP contribution in [0.4, 0.5) is 0 Å². The first-order chi connectivity index (χ1) is 7.42. The highest BCUT2D eigenvalue weighted by molar-refractivity contribution is 5.76. The molecule has 5 heteroatoms. The van der Waals surface area contributed by atoms with Crippen molar-refractivity contribution in [1.82, 2.24) is 14.9 Å². The average Bonchev–Trinajstić information content (AvgIpc) is 2.59. The van der Waals surface area contributed by atoms with Crippen molar-refractivity contribution < 1.29 is 4.79 Å². The molecule has 1 rings (SSSR count). The van der Waals surface area contributed by atoms with Crippen molar-refractivity contribution in [1.29, 1.82) is 0 Å². The van der Waals surface area contributed by atoms with Crippen LogP contribution in [-0.2, 0) is 17.9 Å². The normalized spacial score (nSPS) is 11.5. The van der Waals surface area contributed by atoms with Crippen molar-refractivity contribution in [2.24, 2.45) is 5.73 Å². The molecule has 0 saturated carbocycles. The molecule has 1 heterocycles. The fourth-order valence-electron chi connectivity index (χ4n) is 1.42. The second kappa shape index (κ2) is 5.12. The number of nitrogens with one attached hydrogen (secondary N) is 1. The zero-order chi connectivity index (χ0) is 12.2. The van der Waals surface area contributed by atoms with Gasteiger partial charge in [-0.15, -0.1) is 0 Å². The summed E-state index contributed by atoms with van der Waals surface area (Å²) in [5, 5.41) is 2.92. The lowest BCUT2D eigenvalue weighted by molar-refractivity contribution is -0.122. The highest BCUT2D eigenvalue weighted by Gasteiger charge is 2.13. The monoisotopic (exact) mass is 224 g/mol. The molecule has 3 N–H and O–H groups in total. The summed E-state index contributed by atoms with van der Waals surface area (Å²) in [5.74, 6) is 0.0455. The Bertz CT molecular complexity index is 351. The predicted molar refractivity (Wildman–Crippen MR) is 62.6 cm³/mol. The molecule has 0 spiro atoms. The van der Waals surface area contributed by atoms with Gasteiger partial charge in [-0.05, 0) is 20.8 Å². The lowest BCUT2D eigenvalue weighted by Gasteiger charge is -2.20. The molecule has 0 unspecified atom stereocenters. The summed E-state index contributed by atoms with van der Waals surface area (Å²) < 4.78 is 1.90. The third-order valence-electron chi connectivity index (χ3n) is 2.10. The molecule has 0 aliphatic carbocycles. The summed E-state index contributed by atoms with van der Waals surface area (Å²) in [5.41, 5.74) is 6.31. The number of amides is 1. The lowest BCUT2D eigenvalue weighted by Crippen LogP contribution is -2.40. The molecule has 0 radical (unpaired) electrons. The van der Waals surface area contributed by atoms with Crippen LogP contribution in [0.3, 0.4) is 0 Å². The topological polar surface area (TPSA) is 72.9 Å². The van der Waals surface area contributed by atoms with Gasteiger partial charge in [0.1, 0.15) is 0 Å². The molecule has 0 fully saturated rings. The maximum Gasteiger partial charge on any atom is 0.222 e. The van der Waals surface area contributed by atoms with Crippen molar-refractivity contribution in [2.45, 2.75) is 45.8 Å². The van der Waals surface area contributed by atoms with E-state index in [2.05, 4.69) is 10.3 Å². The second-order valence-corrected chi connectivity index (χ2v) is 4.83. The molecule has 0 atom stereocenters. The Labute approximate surface area is 96.0 Å². The molecule has 0 aromatic carbocycles. The smallest absolute Gasteiger partial charge is 0.222 e. The molecule has 0 aliphatic heterocycles. The van der Waals surface area contributed by atoms with Crippen LogP contribution in [0.2, 0.25) is 0 Å². The van der Waals surface area contributed by atoms with Gasteiger partial charge in [0.2, 0.25) is 5.91 Å². The molecule has 5 nitrogen and oxygen atoms in total. The Balaban J connectivity index is 2.43. The molecule has 1 aromatic heterocycles. The second-order valence-electron chi connectivity index (χ2n) is 4.83. The maximum absolute atomic E-state index is 11.6. The standard InChI is InChI=1S/C11H20N4O/c1-11(2,3)14-10(16)4-5-15-8-13-7-9(15)6-12/h7-8H,4-6,12H2,1-3H3,(H,14,16). The van der Waals surface area contributed by atoms with E-state index in [1.54, 1.807) is 12.5 Å². The highest BCUT2D eigenvalue weighted by Crippen LogP contribution is 2.02. The van der Waals surface area contributed by atoms with E-state index >= 15 is 0 Å². The summed E-state index contributed by atoms with van der Waals surface area (Å²) >= 11 is 0. The van der Waals surface area contributed by atoms with Crippen LogP contribution in [0.25, 0.3) is 0 Å². The highest BCUT2D eigenvalue weighted by atomic mass is 16.1. The van der Waals surface area contributed by atoms with Crippen LogP contribution < -0.4 is 11.1 Å². The van der Waals surface area contributed by atoms with Crippen molar-refractivity contribution >= 4 is 5.91 Å². The number of aryl methyl sites for hydroxylation is 1. The van der Waals surface area contributed by atoms with E-state index in [4.69, 9.17) is 5.73 Å². The molecule has 0 aliphatic rings. The molecule has 90 valence electrons. The molecule has 0 saturated heterocycles. The zero-order valence-corrected chi connectivity index (χ0v) is 10.2. The van der Waals surface area contributed by atoms with Crippen molar-refractivity contribution in [3.05, 3.63) is 18.2 Å². The summed E-state index contributed by atoms with van der Waals surface area (Å²) in [4.78, 5) is 15.6. The molecule has 16 heavy (non-hydrogen) atoms. The van der Waals surface area contributed by atoms with Gasteiger partial charge in [0.25, 0.3) is 0 Å². The van der Waals surface area contributed by atoms with E-state index in [0.29, 0.717) is 19.5 Å². The number of carbonyl (C=O) groups is 1. The quantitative estimate of drug-likeness (QED) is 0.788. The van der Waals surface area contributed by atoms with Gasteiger partial charge in [-0.3, -0.25) is 4.79 Å². The van der Waals surface area contributed by atoms with E-state index < -0.39 is 0 Å². The SMILES string of the molecule is CC(C)(C)NC(=O)CCn1cncc1CN. The summed E-state index contributed by atoms with van der Waals surface area (Å²) in [7, 11) is 0. The van der Waals surface area contributed by atoms with Gasteiger partial charge in [-0.2, -0.15) is 0 Å². The third kappa shape index (κ3) is 4.02. The Morgan fingerprint density at radius 1 is 1.56 bits per heavy atom. The first-order valence-electron chi connectivity index (χ1n) is 5.42. The third-order valence-corrected chi connectivity index (χ3v) is 2.10. The lowest BCUT2D eigenvalue weighted by atomic mass is 10.1. The van der Waals surface area contributed by atoms with E-state index in [-0.39, 0.29) is 11.4 Å². The number of hydrogen-bond acceptors (Lipinski definition) is 3. The number of nitrogens with two attached hydrogens (primary N) is 1. The van der Waals surface area contributed by atoms with E-state index in [9.17, 15) is 4.79 Å². The van der Waals surface area contributed by atoms with Gasteiger partial charge < -0.3 is 15.6 Å². The van der Waals surface area contributed by atoms with Crippen LogP contribution in [0.5, 0.6) is 0 Å². The summed E-state index contributed by atoms with van der Waals surface area (Å²) in [6, 6.07) is 0. The predicted octanol–water partition coefficient (Wildman–Crippen LogP) is 0.647. The van der Waals surface area contributed by atoms with Crippen molar-refractivity contribution in [3.63, 3.8) is 0 Å². The van der Waals surface area contributed by atoms with Crippen LogP contribution in [0, 0.1) is 0 Å². The number of hydrogen-bond donors (Lipinski definition) is 2.